The van der Waals surface area contributed by atoms with E-state index in [2.05, 4.69) is 15.3 Å². The zero-order chi connectivity index (χ0) is 12.1. The molecule has 0 spiro atoms. The molecule has 0 bridgehead atoms. The Labute approximate surface area is 99.7 Å². The lowest BCUT2D eigenvalue weighted by molar-refractivity contribution is 0.342. The monoisotopic (exact) mass is 230 g/mol. The van der Waals surface area contributed by atoms with Crippen LogP contribution in [0.15, 0.2) is 36.8 Å². The lowest BCUT2D eigenvalue weighted by Crippen LogP contribution is -2.02. The van der Waals surface area contributed by atoms with Crippen LogP contribution in [-0.4, -0.2) is 16.6 Å². The molecule has 1 heterocycles. The van der Waals surface area contributed by atoms with Gasteiger partial charge in [-0.1, -0.05) is 12.1 Å². The van der Waals surface area contributed by atoms with E-state index in [1.165, 1.54) is 6.33 Å². The summed E-state index contributed by atoms with van der Waals surface area (Å²) < 4.78 is 5.50. The molecular formula is C12H14N4O. The fourth-order valence-corrected chi connectivity index (χ4v) is 1.42. The van der Waals surface area contributed by atoms with Crippen LogP contribution >= 0.6 is 0 Å². The number of hydrogen-bond donors (Lipinski definition) is 2. The molecule has 3 N–H and O–H groups in total. The quantitative estimate of drug-likeness (QED) is 0.842. The van der Waals surface area contributed by atoms with Crippen molar-refractivity contribution in [3.63, 3.8) is 0 Å². The van der Waals surface area contributed by atoms with Gasteiger partial charge >= 0.3 is 0 Å². The first kappa shape index (κ1) is 11.2. The van der Waals surface area contributed by atoms with Crippen LogP contribution in [0.4, 0.5) is 17.2 Å². The summed E-state index contributed by atoms with van der Waals surface area (Å²) in [4.78, 5) is 7.91. The molecule has 2 aromatic rings. The van der Waals surface area contributed by atoms with Crippen LogP contribution in [0.1, 0.15) is 6.92 Å². The molecule has 0 fully saturated rings. The number of para-hydroxylation sites is 2. The standard InChI is InChI=1S/C12H14N4O/c1-2-17-11-6-4-3-5-10(11)16-12-9(13)7-14-8-15-12/h3-8H,2,13H2,1H3,(H,14,15,16). The van der Waals surface area contributed by atoms with Crippen LogP contribution in [0.3, 0.4) is 0 Å². The average Bonchev–Trinajstić information content (AvgIpc) is 2.35. The summed E-state index contributed by atoms with van der Waals surface area (Å²) in [5.74, 6) is 1.35. The highest BCUT2D eigenvalue weighted by molar-refractivity contribution is 5.71. The maximum Gasteiger partial charge on any atom is 0.157 e. The van der Waals surface area contributed by atoms with Crippen molar-refractivity contribution in [2.75, 3.05) is 17.7 Å². The van der Waals surface area contributed by atoms with Gasteiger partial charge in [0.05, 0.1) is 24.2 Å². The molecule has 0 unspecified atom stereocenters. The van der Waals surface area contributed by atoms with Gasteiger partial charge in [-0.3, -0.25) is 0 Å². The molecule has 17 heavy (non-hydrogen) atoms. The summed E-state index contributed by atoms with van der Waals surface area (Å²) in [5, 5.41) is 3.12. The number of rotatable bonds is 4. The second-order valence-electron chi connectivity index (χ2n) is 3.38. The predicted octanol–water partition coefficient (Wildman–Crippen LogP) is 2.20. The molecular weight excluding hydrogens is 216 g/mol. The predicted molar refractivity (Wildman–Crippen MR) is 67.3 cm³/mol. The van der Waals surface area contributed by atoms with E-state index < -0.39 is 0 Å². The molecule has 0 amide bonds. The molecule has 1 aromatic carbocycles. The summed E-state index contributed by atoms with van der Waals surface area (Å²) >= 11 is 0. The maximum absolute atomic E-state index is 5.76. The minimum absolute atomic E-state index is 0.499. The van der Waals surface area contributed by atoms with Crippen molar-refractivity contribution >= 4 is 17.2 Å². The lowest BCUT2D eigenvalue weighted by atomic mass is 10.3. The Bertz CT molecular complexity index is 501. The van der Waals surface area contributed by atoms with Crippen molar-refractivity contribution < 1.29 is 4.74 Å². The number of hydrogen-bond acceptors (Lipinski definition) is 5. The van der Waals surface area contributed by atoms with E-state index in [0.29, 0.717) is 18.1 Å². The molecule has 0 aliphatic heterocycles. The summed E-state index contributed by atoms with van der Waals surface area (Å²) in [5.41, 5.74) is 7.10. The molecule has 0 aliphatic carbocycles. The number of nitrogens with one attached hydrogen (secondary N) is 1. The molecule has 0 aliphatic rings. The topological polar surface area (TPSA) is 73.1 Å². The number of aromatic nitrogens is 2. The lowest BCUT2D eigenvalue weighted by Gasteiger charge is -2.12. The van der Waals surface area contributed by atoms with E-state index in [4.69, 9.17) is 10.5 Å². The third-order valence-corrected chi connectivity index (χ3v) is 2.18. The SMILES string of the molecule is CCOc1ccccc1Nc1ncncc1N. The third kappa shape index (κ3) is 2.63. The molecule has 5 heteroatoms. The highest BCUT2D eigenvalue weighted by Crippen LogP contribution is 2.28. The van der Waals surface area contributed by atoms with Gasteiger partial charge in [0.25, 0.3) is 0 Å². The van der Waals surface area contributed by atoms with Gasteiger partial charge < -0.3 is 15.8 Å². The van der Waals surface area contributed by atoms with Crippen LogP contribution in [0.2, 0.25) is 0 Å². The molecule has 0 saturated heterocycles. The second kappa shape index (κ2) is 5.16. The van der Waals surface area contributed by atoms with Crippen LogP contribution in [0.5, 0.6) is 5.75 Å². The fourth-order valence-electron chi connectivity index (χ4n) is 1.42. The van der Waals surface area contributed by atoms with E-state index in [1.54, 1.807) is 6.20 Å². The van der Waals surface area contributed by atoms with Crippen molar-refractivity contribution in [2.24, 2.45) is 0 Å². The molecule has 1 aromatic heterocycles. The van der Waals surface area contributed by atoms with E-state index >= 15 is 0 Å². The Morgan fingerprint density at radius 1 is 1.35 bits per heavy atom. The summed E-state index contributed by atoms with van der Waals surface area (Å²) in [7, 11) is 0. The van der Waals surface area contributed by atoms with Crippen molar-refractivity contribution in [1.29, 1.82) is 0 Å². The summed E-state index contributed by atoms with van der Waals surface area (Å²) in [6, 6.07) is 7.64. The van der Waals surface area contributed by atoms with Crippen LogP contribution in [0, 0.1) is 0 Å². The van der Waals surface area contributed by atoms with E-state index in [9.17, 15) is 0 Å². The van der Waals surface area contributed by atoms with Gasteiger partial charge in [-0.15, -0.1) is 0 Å². The number of ether oxygens (including phenoxy) is 1. The Morgan fingerprint density at radius 2 is 2.18 bits per heavy atom. The molecule has 88 valence electrons. The first-order valence-electron chi connectivity index (χ1n) is 5.35. The van der Waals surface area contributed by atoms with Crippen molar-refractivity contribution in [2.45, 2.75) is 6.92 Å². The molecule has 5 nitrogen and oxygen atoms in total. The number of nitrogen functional groups attached to an aromatic ring is 1. The van der Waals surface area contributed by atoms with Crippen molar-refractivity contribution in [1.82, 2.24) is 9.97 Å². The average molecular weight is 230 g/mol. The normalized spacial score (nSPS) is 9.94. The summed E-state index contributed by atoms with van der Waals surface area (Å²) in [6.45, 7) is 2.55. The fraction of sp³-hybridized carbons (Fsp3) is 0.167. The smallest absolute Gasteiger partial charge is 0.157 e. The van der Waals surface area contributed by atoms with Crippen LogP contribution < -0.4 is 15.8 Å². The van der Waals surface area contributed by atoms with Gasteiger partial charge in [-0.2, -0.15) is 0 Å². The first-order valence-corrected chi connectivity index (χ1v) is 5.35. The second-order valence-corrected chi connectivity index (χ2v) is 3.38. The van der Waals surface area contributed by atoms with Gasteiger partial charge in [0, 0.05) is 0 Å². The van der Waals surface area contributed by atoms with E-state index in [1.807, 2.05) is 31.2 Å². The van der Waals surface area contributed by atoms with Crippen molar-refractivity contribution in [3.8, 4) is 5.75 Å². The zero-order valence-electron chi connectivity index (χ0n) is 9.55. The van der Waals surface area contributed by atoms with Crippen LogP contribution in [0.25, 0.3) is 0 Å². The largest absolute Gasteiger partial charge is 0.492 e. The Hall–Kier alpha value is -2.30. The van der Waals surface area contributed by atoms with E-state index in [-0.39, 0.29) is 0 Å². The highest BCUT2D eigenvalue weighted by atomic mass is 16.5. The number of benzene rings is 1. The summed E-state index contributed by atoms with van der Waals surface area (Å²) in [6.07, 6.45) is 3.00. The number of anilines is 3. The Kier molecular flexibility index (Phi) is 3.40. The zero-order valence-corrected chi connectivity index (χ0v) is 9.55. The molecule has 0 atom stereocenters. The Morgan fingerprint density at radius 3 is 2.94 bits per heavy atom. The number of nitrogens with two attached hydrogens (primary N) is 1. The minimum atomic E-state index is 0.499. The van der Waals surface area contributed by atoms with Gasteiger partial charge in [-0.25, -0.2) is 9.97 Å². The van der Waals surface area contributed by atoms with Gasteiger partial charge in [0.1, 0.15) is 12.1 Å². The van der Waals surface area contributed by atoms with Crippen molar-refractivity contribution in [3.05, 3.63) is 36.8 Å². The highest BCUT2D eigenvalue weighted by Gasteiger charge is 2.05. The minimum Gasteiger partial charge on any atom is -0.492 e. The first-order chi connectivity index (χ1) is 8.31. The molecule has 0 saturated carbocycles. The van der Waals surface area contributed by atoms with Gasteiger partial charge in [0.2, 0.25) is 0 Å². The number of nitrogens with zero attached hydrogens (tertiary/aromatic N) is 2. The third-order valence-electron chi connectivity index (χ3n) is 2.18. The molecule has 2 rings (SSSR count). The van der Waals surface area contributed by atoms with E-state index in [0.717, 1.165) is 11.4 Å². The Balaban J connectivity index is 2.27. The van der Waals surface area contributed by atoms with Gasteiger partial charge in [-0.05, 0) is 19.1 Å². The van der Waals surface area contributed by atoms with Crippen LogP contribution in [-0.2, 0) is 0 Å². The molecule has 0 radical (unpaired) electrons. The maximum atomic E-state index is 5.76. The van der Waals surface area contributed by atoms with Gasteiger partial charge in [0.15, 0.2) is 5.82 Å².